The lowest BCUT2D eigenvalue weighted by molar-refractivity contribution is 0.0994. The van der Waals surface area contributed by atoms with E-state index in [1.165, 1.54) is 12.1 Å². The maximum Gasteiger partial charge on any atom is 0.267 e. The molecule has 1 amide bonds. The Hall–Kier alpha value is -1.82. The summed E-state index contributed by atoms with van der Waals surface area (Å²) in [6, 6.07) is 2.88. The minimum absolute atomic E-state index is 0.0689. The van der Waals surface area contributed by atoms with E-state index in [1.807, 2.05) is 0 Å². The number of nitrogens with zero attached hydrogens (tertiary/aromatic N) is 1. The summed E-state index contributed by atoms with van der Waals surface area (Å²) in [6.07, 6.45) is 0. The highest BCUT2D eigenvalue weighted by Crippen LogP contribution is 2.17. The number of hydrogen-bond donors (Lipinski definition) is 3. The van der Waals surface area contributed by atoms with Crippen LogP contribution < -0.4 is 16.2 Å². The van der Waals surface area contributed by atoms with Crippen LogP contribution in [-0.4, -0.2) is 29.2 Å². The predicted molar refractivity (Wildman–Crippen MR) is 49.7 cm³/mol. The summed E-state index contributed by atoms with van der Waals surface area (Å²) < 4.78 is 4.98. The molecule has 76 valence electrons. The van der Waals surface area contributed by atoms with Crippen LogP contribution in [0.25, 0.3) is 0 Å². The summed E-state index contributed by atoms with van der Waals surface area (Å²) in [5.74, 6) is -0.547. The van der Waals surface area contributed by atoms with Crippen molar-refractivity contribution in [1.82, 2.24) is 4.98 Å². The fourth-order valence-corrected chi connectivity index (χ4v) is 0.846. The first-order chi connectivity index (χ1) is 6.65. The molecule has 0 unspecified atom stereocenters. The molecule has 5 N–H and O–H groups in total. The fraction of sp³-hybridized carbons (Fsp3) is 0.250. The van der Waals surface area contributed by atoms with Crippen LogP contribution >= 0.6 is 0 Å². The quantitative estimate of drug-likeness (QED) is 0.581. The Labute approximate surface area is 80.5 Å². The average Bonchev–Trinajstić information content (AvgIpc) is 2.16. The third kappa shape index (κ3) is 2.33. The molecule has 0 saturated heterocycles. The number of amides is 1. The third-order valence-corrected chi connectivity index (χ3v) is 1.47. The van der Waals surface area contributed by atoms with E-state index in [2.05, 4.69) is 4.98 Å². The number of ether oxygens (including phenoxy) is 1. The summed E-state index contributed by atoms with van der Waals surface area (Å²) in [6.45, 7) is -0.0820. The van der Waals surface area contributed by atoms with Gasteiger partial charge in [0.1, 0.15) is 12.3 Å². The van der Waals surface area contributed by atoms with Gasteiger partial charge in [0.15, 0.2) is 0 Å². The molecule has 6 heteroatoms. The average molecular weight is 197 g/mol. The van der Waals surface area contributed by atoms with Crippen LogP contribution in [0.15, 0.2) is 12.1 Å². The molecule has 6 nitrogen and oxygen atoms in total. The minimum Gasteiger partial charge on any atom is -0.474 e. The molecule has 0 spiro atoms. The summed E-state index contributed by atoms with van der Waals surface area (Å²) in [5, 5.41) is 8.51. The minimum atomic E-state index is -0.654. The number of carbonyl (C=O) groups is 1. The smallest absolute Gasteiger partial charge is 0.267 e. The number of carbonyl (C=O) groups excluding carboxylic acids is 1. The highest BCUT2D eigenvalue weighted by atomic mass is 16.5. The standard InChI is InChI=1S/C8H11N3O3/c9-5-1-2-6(7(10)13)11-8(5)14-4-3-12/h1-2,12H,3-4,9H2,(H2,10,13). The van der Waals surface area contributed by atoms with Gasteiger partial charge in [-0.2, -0.15) is 0 Å². The zero-order valence-electron chi connectivity index (χ0n) is 7.43. The Morgan fingerprint density at radius 1 is 1.57 bits per heavy atom. The Kier molecular flexibility index (Phi) is 3.24. The number of aliphatic hydroxyl groups excluding tert-OH is 1. The van der Waals surface area contributed by atoms with Crippen LogP contribution in [0, 0.1) is 0 Å². The van der Waals surface area contributed by atoms with Crippen molar-refractivity contribution >= 4 is 11.6 Å². The molecule has 0 fully saturated rings. The van der Waals surface area contributed by atoms with Gasteiger partial charge in [0.05, 0.1) is 12.3 Å². The number of nitrogen functional groups attached to an aromatic ring is 1. The Morgan fingerprint density at radius 2 is 2.29 bits per heavy atom. The van der Waals surface area contributed by atoms with Gasteiger partial charge in [0.25, 0.3) is 5.91 Å². The maximum absolute atomic E-state index is 10.8. The first-order valence-electron chi connectivity index (χ1n) is 3.95. The lowest BCUT2D eigenvalue weighted by Crippen LogP contribution is -2.14. The summed E-state index contributed by atoms with van der Waals surface area (Å²) in [7, 11) is 0. The Morgan fingerprint density at radius 3 is 2.86 bits per heavy atom. The van der Waals surface area contributed by atoms with Gasteiger partial charge in [-0.05, 0) is 12.1 Å². The van der Waals surface area contributed by atoms with E-state index < -0.39 is 5.91 Å². The van der Waals surface area contributed by atoms with Crippen LogP contribution in [0.2, 0.25) is 0 Å². The molecule has 0 bridgehead atoms. The Bertz CT molecular complexity index is 341. The molecule has 0 saturated carbocycles. The van der Waals surface area contributed by atoms with Gasteiger partial charge in [-0.1, -0.05) is 0 Å². The lowest BCUT2D eigenvalue weighted by atomic mass is 10.3. The molecular weight excluding hydrogens is 186 g/mol. The van der Waals surface area contributed by atoms with Crippen LogP contribution in [0.1, 0.15) is 10.5 Å². The van der Waals surface area contributed by atoms with Gasteiger partial charge in [0, 0.05) is 0 Å². The van der Waals surface area contributed by atoms with Crippen molar-refractivity contribution in [2.75, 3.05) is 18.9 Å². The molecule has 0 aliphatic heterocycles. The van der Waals surface area contributed by atoms with E-state index in [0.717, 1.165) is 0 Å². The molecular formula is C8H11N3O3. The molecule has 1 aromatic rings. The number of primary amides is 1. The van der Waals surface area contributed by atoms with Crippen molar-refractivity contribution < 1.29 is 14.6 Å². The van der Waals surface area contributed by atoms with Gasteiger partial charge in [-0.3, -0.25) is 4.79 Å². The molecule has 0 aliphatic rings. The van der Waals surface area contributed by atoms with Gasteiger partial charge in [-0.15, -0.1) is 0 Å². The van der Waals surface area contributed by atoms with E-state index >= 15 is 0 Å². The number of rotatable bonds is 4. The molecule has 14 heavy (non-hydrogen) atoms. The third-order valence-electron chi connectivity index (χ3n) is 1.47. The van der Waals surface area contributed by atoms with E-state index in [0.29, 0.717) is 5.69 Å². The van der Waals surface area contributed by atoms with Crippen molar-refractivity contribution in [3.05, 3.63) is 17.8 Å². The fourth-order valence-electron chi connectivity index (χ4n) is 0.846. The van der Waals surface area contributed by atoms with Crippen LogP contribution in [0.3, 0.4) is 0 Å². The number of aliphatic hydroxyl groups is 1. The first kappa shape index (κ1) is 10.3. The zero-order valence-corrected chi connectivity index (χ0v) is 7.43. The lowest BCUT2D eigenvalue weighted by Gasteiger charge is -2.06. The maximum atomic E-state index is 10.8. The monoisotopic (exact) mass is 197 g/mol. The Balaban J connectivity index is 2.90. The second-order valence-electron chi connectivity index (χ2n) is 2.53. The van der Waals surface area contributed by atoms with Gasteiger partial charge >= 0.3 is 0 Å². The van der Waals surface area contributed by atoms with Crippen LogP contribution in [0.5, 0.6) is 5.88 Å². The molecule has 0 aliphatic carbocycles. The molecule has 0 radical (unpaired) electrons. The number of pyridine rings is 1. The molecule has 0 aromatic carbocycles. The normalized spacial score (nSPS) is 9.79. The molecule has 1 rings (SSSR count). The number of nitrogens with two attached hydrogens (primary N) is 2. The molecule has 1 heterocycles. The number of aromatic nitrogens is 1. The summed E-state index contributed by atoms with van der Waals surface area (Å²) >= 11 is 0. The van der Waals surface area contributed by atoms with E-state index in [1.54, 1.807) is 0 Å². The topological polar surface area (TPSA) is 111 Å². The van der Waals surface area contributed by atoms with Crippen LogP contribution in [-0.2, 0) is 0 Å². The van der Waals surface area contributed by atoms with E-state index in [9.17, 15) is 4.79 Å². The highest BCUT2D eigenvalue weighted by Gasteiger charge is 2.07. The number of anilines is 1. The van der Waals surface area contributed by atoms with E-state index in [-0.39, 0.29) is 24.8 Å². The summed E-state index contributed by atoms with van der Waals surface area (Å²) in [4.78, 5) is 14.5. The van der Waals surface area contributed by atoms with Crippen molar-refractivity contribution in [3.8, 4) is 5.88 Å². The zero-order chi connectivity index (χ0) is 10.6. The largest absolute Gasteiger partial charge is 0.474 e. The number of hydrogen-bond acceptors (Lipinski definition) is 5. The SMILES string of the molecule is NC(=O)c1ccc(N)c(OCCO)n1. The molecule has 1 aromatic heterocycles. The van der Waals surface area contributed by atoms with Gasteiger partial charge in [-0.25, -0.2) is 4.98 Å². The van der Waals surface area contributed by atoms with Crippen molar-refractivity contribution in [2.24, 2.45) is 5.73 Å². The van der Waals surface area contributed by atoms with Gasteiger partial charge < -0.3 is 21.3 Å². The van der Waals surface area contributed by atoms with Crippen molar-refractivity contribution in [1.29, 1.82) is 0 Å². The van der Waals surface area contributed by atoms with E-state index in [4.69, 9.17) is 21.3 Å². The highest BCUT2D eigenvalue weighted by molar-refractivity contribution is 5.91. The van der Waals surface area contributed by atoms with Crippen molar-refractivity contribution in [3.63, 3.8) is 0 Å². The predicted octanol–water partition coefficient (Wildman–Crippen LogP) is -0.866. The molecule has 0 atom stereocenters. The van der Waals surface area contributed by atoms with Crippen molar-refractivity contribution in [2.45, 2.75) is 0 Å². The van der Waals surface area contributed by atoms with Gasteiger partial charge in [0.2, 0.25) is 5.88 Å². The first-order valence-corrected chi connectivity index (χ1v) is 3.95. The second kappa shape index (κ2) is 4.43. The van der Waals surface area contributed by atoms with Crippen LogP contribution in [0.4, 0.5) is 5.69 Å². The second-order valence-corrected chi connectivity index (χ2v) is 2.53. The summed E-state index contributed by atoms with van der Waals surface area (Å²) in [5.41, 5.74) is 10.9.